The Balaban J connectivity index is 1.13. The molecule has 190 valence electrons. The van der Waals surface area contributed by atoms with Crippen LogP contribution in [0.1, 0.15) is 46.3 Å². The summed E-state index contributed by atoms with van der Waals surface area (Å²) in [6.07, 6.45) is 4.45. The fourth-order valence-electron chi connectivity index (χ4n) is 3.88. The molecule has 5 aromatic rings. The van der Waals surface area contributed by atoms with Crippen LogP contribution in [0, 0.1) is 5.41 Å². The normalized spacial score (nSPS) is 14.7. The predicted octanol–water partition coefficient (Wildman–Crippen LogP) is 6.72. The number of thiazole rings is 1. The third-order valence-corrected chi connectivity index (χ3v) is 7.50. The molecule has 1 aromatic carbocycles. The molecule has 2 amide bonds. The van der Waals surface area contributed by atoms with E-state index in [1.807, 2.05) is 63.4 Å². The van der Waals surface area contributed by atoms with E-state index in [2.05, 4.69) is 32.1 Å². The van der Waals surface area contributed by atoms with E-state index in [-0.39, 0.29) is 5.41 Å². The molecule has 4 heterocycles. The van der Waals surface area contributed by atoms with Crippen molar-refractivity contribution in [2.75, 3.05) is 17.2 Å². The fourth-order valence-corrected chi connectivity index (χ4v) is 4.86. The van der Waals surface area contributed by atoms with Crippen molar-refractivity contribution < 1.29 is 14.1 Å². The molecular weight excluding hydrogens is 488 g/mol. The van der Waals surface area contributed by atoms with Crippen LogP contribution in [0.3, 0.4) is 0 Å². The number of ether oxygens (including phenoxy) is 1. The highest BCUT2D eigenvalue weighted by Crippen LogP contribution is 2.45. The van der Waals surface area contributed by atoms with E-state index >= 15 is 0 Å². The third-order valence-electron chi connectivity index (χ3n) is 6.54. The van der Waals surface area contributed by atoms with Crippen LogP contribution in [-0.4, -0.2) is 32.2 Å². The van der Waals surface area contributed by atoms with Gasteiger partial charge in [-0.2, -0.15) is 0 Å². The second kappa shape index (κ2) is 8.58. The molecule has 1 aliphatic rings. The van der Waals surface area contributed by atoms with Crippen LogP contribution in [0.25, 0.3) is 26.6 Å². The van der Waals surface area contributed by atoms with Gasteiger partial charge in [0.05, 0.1) is 17.8 Å². The third kappa shape index (κ3) is 4.89. The Morgan fingerprint density at radius 1 is 1.14 bits per heavy atom. The molecule has 0 atom stereocenters. The zero-order valence-corrected chi connectivity index (χ0v) is 22.0. The summed E-state index contributed by atoms with van der Waals surface area (Å²) in [7, 11) is 0. The first-order chi connectivity index (χ1) is 17.6. The van der Waals surface area contributed by atoms with Gasteiger partial charge in [-0.15, -0.1) is 0 Å². The quantitative estimate of drug-likeness (QED) is 0.259. The summed E-state index contributed by atoms with van der Waals surface area (Å²) in [6.45, 7) is 9.01. The van der Waals surface area contributed by atoms with Crippen molar-refractivity contribution in [2.24, 2.45) is 5.41 Å². The number of amides is 2. The summed E-state index contributed by atoms with van der Waals surface area (Å²) in [5, 5.41) is 9.43. The van der Waals surface area contributed by atoms with Crippen molar-refractivity contribution in [2.45, 2.75) is 46.0 Å². The number of carbonyl (C=O) groups is 1. The number of nitrogens with zero attached hydrogens (tertiary/aromatic N) is 4. The van der Waals surface area contributed by atoms with E-state index in [4.69, 9.17) is 14.2 Å². The van der Waals surface area contributed by atoms with Gasteiger partial charge in [-0.3, -0.25) is 9.72 Å². The number of hydrogen-bond acceptors (Lipinski definition) is 7. The lowest BCUT2D eigenvalue weighted by molar-refractivity contribution is 0.239. The highest BCUT2D eigenvalue weighted by Gasteiger charge is 2.38. The number of nitrogens with one attached hydrogen (secondary N) is 2. The number of anilines is 2. The van der Waals surface area contributed by atoms with E-state index in [0.717, 1.165) is 26.6 Å². The van der Waals surface area contributed by atoms with Crippen molar-refractivity contribution in [3.63, 3.8) is 0 Å². The molecule has 1 saturated carbocycles. The number of aromatic nitrogens is 4. The van der Waals surface area contributed by atoms with Crippen molar-refractivity contribution in [1.82, 2.24) is 19.5 Å². The Morgan fingerprint density at radius 3 is 2.62 bits per heavy atom. The number of fused-ring (bicyclic) bond motifs is 3. The first-order valence-corrected chi connectivity index (χ1v) is 13.0. The minimum atomic E-state index is -0.391. The maximum absolute atomic E-state index is 12.4. The van der Waals surface area contributed by atoms with Crippen molar-refractivity contribution >= 4 is 44.2 Å². The van der Waals surface area contributed by atoms with Gasteiger partial charge in [0, 0.05) is 40.4 Å². The second-order valence-corrected chi connectivity index (χ2v) is 11.9. The highest BCUT2D eigenvalue weighted by atomic mass is 32.1. The average molecular weight is 517 g/mol. The molecule has 1 aliphatic carbocycles. The zero-order valence-electron chi connectivity index (χ0n) is 21.2. The molecule has 37 heavy (non-hydrogen) atoms. The van der Waals surface area contributed by atoms with Gasteiger partial charge in [-0.05, 0) is 31.0 Å². The molecule has 0 spiro atoms. The van der Waals surface area contributed by atoms with Gasteiger partial charge in [0.2, 0.25) is 5.88 Å². The van der Waals surface area contributed by atoms with Gasteiger partial charge in [-0.25, -0.2) is 14.8 Å². The monoisotopic (exact) mass is 516 g/mol. The molecule has 1 fully saturated rings. The van der Waals surface area contributed by atoms with Crippen LogP contribution in [0.4, 0.5) is 16.3 Å². The van der Waals surface area contributed by atoms with Crippen LogP contribution in [0.15, 0.2) is 53.2 Å². The summed E-state index contributed by atoms with van der Waals surface area (Å²) >= 11 is 1.54. The van der Waals surface area contributed by atoms with Crippen molar-refractivity contribution in [1.29, 1.82) is 0 Å². The number of rotatable bonds is 6. The molecule has 0 unspecified atom stereocenters. The molecule has 0 radical (unpaired) electrons. The second-order valence-electron chi connectivity index (χ2n) is 10.9. The summed E-state index contributed by atoms with van der Waals surface area (Å²) in [4.78, 5) is 23.6. The summed E-state index contributed by atoms with van der Waals surface area (Å²) in [5.74, 6) is 1.73. The smallest absolute Gasteiger partial charge is 0.324 e. The largest absolute Gasteiger partial charge is 0.477 e. The van der Waals surface area contributed by atoms with Crippen molar-refractivity contribution in [3.8, 4) is 17.1 Å². The molecule has 6 rings (SSSR count). The van der Waals surface area contributed by atoms with Crippen LogP contribution < -0.4 is 15.4 Å². The maximum atomic E-state index is 12.4. The Bertz CT molecular complexity index is 1600. The number of hydrogen-bond donors (Lipinski definition) is 2. The summed E-state index contributed by atoms with van der Waals surface area (Å²) in [6, 6.07) is 12.8. The zero-order chi connectivity index (χ0) is 25.8. The van der Waals surface area contributed by atoms with Gasteiger partial charge < -0.3 is 14.6 Å². The van der Waals surface area contributed by atoms with E-state index in [0.29, 0.717) is 35.2 Å². The number of carbonyl (C=O) groups excluding carboxylic acids is 1. The number of urea groups is 1. The topological polar surface area (TPSA) is 107 Å². The van der Waals surface area contributed by atoms with Gasteiger partial charge in [0.15, 0.2) is 10.8 Å². The molecule has 4 aromatic heterocycles. The first kappa shape index (κ1) is 23.5. The van der Waals surface area contributed by atoms with Gasteiger partial charge in [-0.1, -0.05) is 56.3 Å². The molecule has 0 aliphatic heterocycles. The predicted molar refractivity (Wildman–Crippen MR) is 144 cm³/mol. The first-order valence-electron chi connectivity index (χ1n) is 12.2. The van der Waals surface area contributed by atoms with Gasteiger partial charge in [0.1, 0.15) is 10.6 Å². The minimum Gasteiger partial charge on any atom is -0.477 e. The lowest BCUT2D eigenvalue weighted by Gasteiger charge is -2.12. The molecule has 10 heteroatoms. The molecular formula is C27H28N6O3S. The molecule has 9 nitrogen and oxygen atoms in total. The van der Waals surface area contributed by atoms with Crippen molar-refractivity contribution in [3.05, 3.63) is 54.4 Å². The maximum Gasteiger partial charge on any atom is 0.324 e. The lowest BCUT2D eigenvalue weighted by Crippen LogP contribution is -2.19. The van der Waals surface area contributed by atoms with E-state index in [9.17, 15) is 4.79 Å². The molecule has 0 bridgehead atoms. The lowest BCUT2D eigenvalue weighted by atomic mass is 9.93. The molecule has 2 N–H and O–H groups in total. The standard InChI is InChI=1S/C27H28N6O3S/c1-26(2,3)20-13-21(32-36-20)30-24(34)28-17-7-5-16(6-8-17)18-14-33-19-9-10-22(35-15-27(4)11-12-27)31-23(19)37-25(33)29-18/h5-10,13-14H,11-12,15H2,1-4H3,(H2,28,30,32,34). The summed E-state index contributed by atoms with van der Waals surface area (Å²) < 4.78 is 13.3. The van der Waals surface area contributed by atoms with Crippen LogP contribution in [0.2, 0.25) is 0 Å². The molecule has 0 saturated heterocycles. The Kier molecular flexibility index (Phi) is 5.45. The van der Waals surface area contributed by atoms with Gasteiger partial charge in [0.25, 0.3) is 0 Å². The number of benzene rings is 1. The van der Waals surface area contributed by atoms with Crippen LogP contribution >= 0.6 is 11.3 Å². The van der Waals surface area contributed by atoms with Gasteiger partial charge >= 0.3 is 6.03 Å². The fraction of sp³-hybridized carbons (Fsp3) is 0.333. The highest BCUT2D eigenvalue weighted by molar-refractivity contribution is 7.23. The Labute approximate surface area is 217 Å². The number of imidazole rings is 1. The van der Waals surface area contributed by atoms with E-state index in [1.165, 1.54) is 24.2 Å². The Morgan fingerprint density at radius 2 is 1.92 bits per heavy atom. The van der Waals surface area contributed by atoms with Crippen LogP contribution in [0.5, 0.6) is 5.88 Å². The van der Waals surface area contributed by atoms with E-state index < -0.39 is 6.03 Å². The Hall–Kier alpha value is -3.92. The number of pyridine rings is 1. The minimum absolute atomic E-state index is 0.185. The average Bonchev–Trinajstić information content (AvgIpc) is 3.19. The van der Waals surface area contributed by atoms with E-state index in [1.54, 1.807) is 6.07 Å². The van der Waals surface area contributed by atoms with Crippen LogP contribution in [-0.2, 0) is 5.41 Å². The summed E-state index contributed by atoms with van der Waals surface area (Å²) in [5.41, 5.74) is 3.59. The SMILES string of the molecule is CC1(COc2ccc3c(n2)sc2nc(-c4ccc(NC(=O)Nc5cc(C(C)(C)C)on5)cc4)cn23)CC1.